The fourth-order valence-electron chi connectivity index (χ4n) is 4.51. The van der Waals surface area contributed by atoms with Crippen LogP contribution in [0.2, 0.25) is 0 Å². The minimum Gasteiger partial charge on any atom is -0.383 e. The van der Waals surface area contributed by atoms with Crippen molar-refractivity contribution in [2.75, 3.05) is 27.4 Å². The van der Waals surface area contributed by atoms with Crippen molar-refractivity contribution in [3.8, 4) is 11.1 Å². The number of rotatable bonds is 5. The van der Waals surface area contributed by atoms with E-state index in [2.05, 4.69) is 65.0 Å². The Morgan fingerprint density at radius 1 is 0.769 bits per heavy atom. The van der Waals surface area contributed by atoms with Gasteiger partial charge in [-0.1, -0.05) is 30.4 Å². The van der Waals surface area contributed by atoms with Gasteiger partial charge in [0.05, 0.1) is 18.6 Å². The lowest BCUT2D eigenvalue weighted by molar-refractivity contribution is 0.0847. The summed E-state index contributed by atoms with van der Waals surface area (Å²) in [6, 6.07) is 6.62. The lowest BCUT2D eigenvalue weighted by Gasteiger charge is -2.31. The number of benzene rings is 2. The van der Waals surface area contributed by atoms with E-state index < -0.39 is 0 Å². The van der Waals surface area contributed by atoms with Crippen LogP contribution < -0.4 is 0 Å². The van der Waals surface area contributed by atoms with Gasteiger partial charge in [0.15, 0.2) is 0 Å². The van der Waals surface area contributed by atoms with Crippen LogP contribution in [0.15, 0.2) is 24.3 Å². The summed E-state index contributed by atoms with van der Waals surface area (Å²) in [6.45, 7) is 12.4. The van der Waals surface area contributed by atoms with E-state index in [0.717, 1.165) is 0 Å². The topological polar surface area (TPSA) is 18.5 Å². The van der Waals surface area contributed by atoms with Crippen LogP contribution in [-0.4, -0.2) is 27.4 Å². The molecule has 1 aliphatic rings. The van der Waals surface area contributed by atoms with Gasteiger partial charge in [0.1, 0.15) is 0 Å². The SMILES string of the molecule is COCC1(COC)C=Cc2cccc(-c3c(C)c(C)c(C)c(C)c3C)c21. The summed E-state index contributed by atoms with van der Waals surface area (Å²) in [4.78, 5) is 0. The van der Waals surface area contributed by atoms with Crippen molar-refractivity contribution in [1.82, 2.24) is 0 Å². The molecule has 0 aromatic heterocycles. The van der Waals surface area contributed by atoms with Crippen molar-refractivity contribution in [2.24, 2.45) is 0 Å². The van der Waals surface area contributed by atoms with Crippen molar-refractivity contribution < 1.29 is 9.47 Å². The molecular formula is C24H30O2. The molecule has 1 aliphatic carbocycles. The predicted molar refractivity (Wildman–Crippen MR) is 110 cm³/mol. The highest BCUT2D eigenvalue weighted by molar-refractivity contribution is 5.83. The Bertz CT molecular complexity index is 839. The van der Waals surface area contributed by atoms with Crippen LogP contribution in [0.3, 0.4) is 0 Å². The molecule has 26 heavy (non-hydrogen) atoms. The van der Waals surface area contributed by atoms with Crippen LogP contribution in [0.4, 0.5) is 0 Å². The van der Waals surface area contributed by atoms with Gasteiger partial charge >= 0.3 is 0 Å². The van der Waals surface area contributed by atoms with E-state index in [1.807, 2.05) is 0 Å². The van der Waals surface area contributed by atoms with Crippen LogP contribution in [0.25, 0.3) is 17.2 Å². The van der Waals surface area contributed by atoms with Crippen LogP contribution in [-0.2, 0) is 14.9 Å². The van der Waals surface area contributed by atoms with Gasteiger partial charge < -0.3 is 9.47 Å². The third-order valence-electron chi connectivity index (χ3n) is 6.25. The first-order valence-corrected chi connectivity index (χ1v) is 9.26. The van der Waals surface area contributed by atoms with Gasteiger partial charge in [-0.3, -0.25) is 0 Å². The standard InChI is InChI=1S/C24H30O2/c1-15-16(2)18(4)22(19(5)17(15)3)21-10-8-9-20-11-12-24(13-25-6,14-26-7)23(20)21/h8-12H,13-14H2,1-7H3. The average molecular weight is 351 g/mol. The average Bonchev–Trinajstić information content (AvgIpc) is 2.99. The summed E-state index contributed by atoms with van der Waals surface area (Å²) in [7, 11) is 3.53. The molecule has 138 valence electrons. The monoisotopic (exact) mass is 350 g/mol. The maximum atomic E-state index is 5.63. The molecule has 0 bridgehead atoms. The van der Waals surface area contributed by atoms with Gasteiger partial charge in [-0.05, 0) is 84.7 Å². The fourth-order valence-corrected chi connectivity index (χ4v) is 4.51. The number of hydrogen-bond acceptors (Lipinski definition) is 2. The molecule has 0 saturated heterocycles. The Morgan fingerprint density at radius 3 is 1.85 bits per heavy atom. The molecule has 3 rings (SSSR count). The molecular weight excluding hydrogens is 320 g/mol. The normalized spacial score (nSPS) is 14.7. The van der Waals surface area contributed by atoms with E-state index in [1.165, 1.54) is 50.1 Å². The predicted octanol–water partition coefficient (Wildman–Crippen LogP) is 5.45. The molecule has 0 saturated carbocycles. The van der Waals surface area contributed by atoms with Gasteiger partial charge in [0.25, 0.3) is 0 Å². The molecule has 0 fully saturated rings. The van der Waals surface area contributed by atoms with Gasteiger partial charge in [-0.15, -0.1) is 0 Å². The van der Waals surface area contributed by atoms with Crippen molar-refractivity contribution in [3.05, 3.63) is 63.2 Å². The number of fused-ring (bicyclic) bond motifs is 1. The largest absolute Gasteiger partial charge is 0.383 e. The summed E-state index contributed by atoms with van der Waals surface area (Å²) in [5.74, 6) is 0. The molecule has 0 radical (unpaired) electrons. The highest BCUT2D eigenvalue weighted by atomic mass is 16.5. The molecule has 0 aliphatic heterocycles. The number of ether oxygens (including phenoxy) is 2. The van der Waals surface area contributed by atoms with Crippen LogP contribution >= 0.6 is 0 Å². The highest BCUT2D eigenvalue weighted by Crippen LogP contribution is 2.45. The Labute approximate surface area is 157 Å². The van der Waals surface area contributed by atoms with E-state index in [1.54, 1.807) is 14.2 Å². The Kier molecular flexibility index (Phi) is 5.09. The van der Waals surface area contributed by atoms with Crippen molar-refractivity contribution >= 4 is 6.08 Å². The summed E-state index contributed by atoms with van der Waals surface area (Å²) in [5, 5.41) is 0. The summed E-state index contributed by atoms with van der Waals surface area (Å²) < 4.78 is 11.3. The third-order valence-corrected chi connectivity index (χ3v) is 6.25. The smallest absolute Gasteiger partial charge is 0.0616 e. The second-order valence-electron chi connectivity index (χ2n) is 7.63. The van der Waals surface area contributed by atoms with E-state index in [-0.39, 0.29) is 5.41 Å². The molecule has 2 nitrogen and oxygen atoms in total. The number of hydrogen-bond donors (Lipinski definition) is 0. The van der Waals surface area contributed by atoms with Gasteiger partial charge in [0.2, 0.25) is 0 Å². The van der Waals surface area contributed by atoms with Crippen LogP contribution in [0.1, 0.15) is 38.9 Å². The van der Waals surface area contributed by atoms with E-state index >= 15 is 0 Å². The second kappa shape index (κ2) is 7.02. The second-order valence-corrected chi connectivity index (χ2v) is 7.63. The first kappa shape index (κ1) is 18.9. The molecule has 0 amide bonds. The molecule has 0 N–H and O–H groups in total. The third kappa shape index (κ3) is 2.72. The zero-order valence-corrected chi connectivity index (χ0v) is 17.1. The van der Waals surface area contributed by atoms with Crippen LogP contribution in [0, 0.1) is 34.6 Å². The zero-order chi connectivity index (χ0) is 19.1. The zero-order valence-electron chi connectivity index (χ0n) is 17.1. The minimum atomic E-state index is -0.235. The summed E-state index contributed by atoms with van der Waals surface area (Å²) >= 11 is 0. The molecule has 0 atom stereocenters. The van der Waals surface area contributed by atoms with E-state index in [4.69, 9.17) is 9.47 Å². The lowest BCUT2D eigenvalue weighted by atomic mass is 9.76. The van der Waals surface area contributed by atoms with Gasteiger partial charge in [-0.2, -0.15) is 0 Å². The minimum absolute atomic E-state index is 0.235. The highest BCUT2D eigenvalue weighted by Gasteiger charge is 2.38. The first-order valence-electron chi connectivity index (χ1n) is 9.26. The van der Waals surface area contributed by atoms with Gasteiger partial charge in [0, 0.05) is 14.2 Å². The first-order chi connectivity index (χ1) is 12.4. The van der Waals surface area contributed by atoms with Crippen molar-refractivity contribution in [1.29, 1.82) is 0 Å². The molecule has 2 heteroatoms. The summed E-state index contributed by atoms with van der Waals surface area (Å²) in [6.07, 6.45) is 4.47. The Hall–Kier alpha value is -1.90. The van der Waals surface area contributed by atoms with Crippen molar-refractivity contribution in [2.45, 2.75) is 40.0 Å². The fraction of sp³-hybridized carbons (Fsp3) is 0.417. The summed E-state index contributed by atoms with van der Waals surface area (Å²) in [5.41, 5.74) is 11.9. The molecule has 0 unspecified atom stereocenters. The Morgan fingerprint density at radius 2 is 1.31 bits per heavy atom. The lowest BCUT2D eigenvalue weighted by Crippen LogP contribution is -2.33. The molecule has 0 spiro atoms. The maximum Gasteiger partial charge on any atom is 0.0616 e. The van der Waals surface area contributed by atoms with Crippen molar-refractivity contribution in [3.63, 3.8) is 0 Å². The van der Waals surface area contributed by atoms with E-state index in [9.17, 15) is 0 Å². The maximum absolute atomic E-state index is 5.63. The molecule has 2 aromatic rings. The molecule has 0 heterocycles. The Balaban J connectivity index is 2.34. The molecule has 2 aromatic carbocycles. The van der Waals surface area contributed by atoms with Gasteiger partial charge in [-0.25, -0.2) is 0 Å². The van der Waals surface area contributed by atoms with E-state index in [0.29, 0.717) is 13.2 Å². The van der Waals surface area contributed by atoms with Crippen LogP contribution in [0.5, 0.6) is 0 Å². The number of methoxy groups -OCH3 is 2. The quantitative estimate of drug-likeness (QED) is 0.713.